The van der Waals surface area contributed by atoms with Crippen molar-refractivity contribution in [3.63, 3.8) is 0 Å². The van der Waals surface area contributed by atoms with Crippen molar-refractivity contribution >= 4 is 11.5 Å². The Balaban J connectivity index is 1.76. The predicted octanol–water partition coefficient (Wildman–Crippen LogP) is 3.84. The van der Waals surface area contributed by atoms with E-state index in [0.29, 0.717) is 6.04 Å². The fourth-order valence-electron chi connectivity index (χ4n) is 2.87. The van der Waals surface area contributed by atoms with Crippen LogP contribution >= 0.6 is 0 Å². The summed E-state index contributed by atoms with van der Waals surface area (Å²) in [6.07, 6.45) is 4.26. The zero-order valence-electron chi connectivity index (χ0n) is 12.8. The molecule has 3 nitrogen and oxygen atoms in total. The molecule has 21 heavy (non-hydrogen) atoms. The highest BCUT2D eigenvalue weighted by Crippen LogP contribution is 2.33. The summed E-state index contributed by atoms with van der Waals surface area (Å²) in [6, 6.07) is 13.3. The molecule has 1 N–H and O–H groups in total. The summed E-state index contributed by atoms with van der Waals surface area (Å²) in [4.78, 5) is 6.98. The maximum atomic E-state index is 4.67. The summed E-state index contributed by atoms with van der Waals surface area (Å²) in [6.45, 7) is 6.45. The van der Waals surface area contributed by atoms with E-state index in [1.165, 1.54) is 16.8 Å². The molecule has 1 aromatic carbocycles. The second-order valence-electron chi connectivity index (χ2n) is 5.66. The van der Waals surface area contributed by atoms with Gasteiger partial charge in [-0.25, -0.2) is 4.98 Å². The lowest BCUT2D eigenvalue weighted by molar-refractivity contribution is 0.569. The molecule has 0 saturated heterocycles. The van der Waals surface area contributed by atoms with Crippen molar-refractivity contribution in [2.75, 3.05) is 18.0 Å². The number of rotatable bonds is 5. The Hall–Kier alpha value is -1.87. The fourth-order valence-corrected chi connectivity index (χ4v) is 2.87. The van der Waals surface area contributed by atoms with E-state index in [9.17, 15) is 0 Å². The molecule has 110 valence electrons. The molecule has 3 heteroatoms. The summed E-state index contributed by atoms with van der Waals surface area (Å²) in [5, 5.41) is 3.50. The van der Waals surface area contributed by atoms with Gasteiger partial charge in [0.1, 0.15) is 5.82 Å². The van der Waals surface area contributed by atoms with E-state index < -0.39 is 0 Å². The van der Waals surface area contributed by atoms with Gasteiger partial charge in [0.05, 0.1) is 0 Å². The van der Waals surface area contributed by atoms with Crippen LogP contribution in [0.15, 0.2) is 42.6 Å². The molecule has 0 spiro atoms. The molecule has 0 fully saturated rings. The van der Waals surface area contributed by atoms with E-state index in [2.05, 4.69) is 65.4 Å². The number of hydrogen-bond acceptors (Lipinski definition) is 3. The van der Waals surface area contributed by atoms with Gasteiger partial charge in [0.25, 0.3) is 0 Å². The van der Waals surface area contributed by atoms with Gasteiger partial charge < -0.3 is 10.2 Å². The lowest BCUT2D eigenvalue weighted by Crippen LogP contribution is -2.20. The monoisotopic (exact) mass is 281 g/mol. The Morgan fingerprint density at radius 3 is 2.86 bits per heavy atom. The third-order valence-corrected chi connectivity index (χ3v) is 4.13. The van der Waals surface area contributed by atoms with Gasteiger partial charge in [-0.15, -0.1) is 0 Å². The fraction of sp³-hybridized carbons (Fsp3) is 0.389. The second kappa shape index (κ2) is 6.27. The van der Waals surface area contributed by atoms with Gasteiger partial charge in [0.15, 0.2) is 0 Å². The summed E-state index contributed by atoms with van der Waals surface area (Å²) in [5.41, 5.74) is 3.97. The minimum atomic E-state index is 0.359. The lowest BCUT2D eigenvalue weighted by Gasteiger charge is -2.19. The van der Waals surface area contributed by atoms with E-state index >= 15 is 0 Å². The van der Waals surface area contributed by atoms with Crippen LogP contribution in [0.4, 0.5) is 11.5 Å². The highest BCUT2D eigenvalue weighted by Gasteiger charge is 2.20. The summed E-state index contributed by atoms with van der Waals surface area (Å²) in [5.74, 6) is 1.05. The Bertz CT molecular complexity index is 592. The molecule has 2 heterocycles. The van der Waals surface area contributed by atoms with Gasteiger partial charge in [-0.05, 0) is 49.6 Å². The van der Waals surface area contributed by atoms with Crippen molar-refractivity contribution in [2.45, 2.75) is 32.7 Å². The first kappa shape index (κ1) is 14.1. The molecule has 1 atom stereocenters. The number of fused-ring (bicyclic) bond motifs is 1. The van der Waals surface area contributed by atoms with Crippen LogP contribution in [0.25, 0.3) is 0 Å². The van der Waals surface area contributed by atoms with Crippen LogP contribution in [-0.2, 0) is 6.42 Å². The van der Waals surface area contributed by atoms with Gasteiger partial charge in [-0.1, -0.05) is 31.2 Å². The Labute approximate surface area is 127 Å². The molecule has 1 aliphatic heterocycles. The molecular weight excluding hydrogens is 258 g/mol. The van der Waals surface area contributed by atoms with Crippen molar-refractivity contribution in [3.8, 4) is 0 Å². The van der Waals surface area contributed by atoms with E-state index in [1.54, 1.807) is 0 Å². The van der Waals surface area contributed by atoms with E-state index in [0.717, 1.165) is 31.7 Å². The predicted molar refractivity (Wildman–Crippen MR) is 88.1 cm³/mol. The molecule has 1 unspecified atom stereocenters. The van der Waals surface area contributed by atoms with E-state index in [-0.39, 0.29) is 0 Å². The first-order valence-corrected chi connectivity index (χ1v) is 7.84. The molecule has 2 aromatic rings. The number of nitrogens with one attached hydrogen (secondary N) is 1. The summed E-state index contributed by atoms with van der Waals surface area (Å²) < 4.78 is 0. The van der Waals surface area contributed by atoms with Crippen LogP contribution in [0.5, 0.6) is 0 Å². The number of hydrogen-bond donors (Lipinski definition) is 1. The van der Waals surface area contributed by atoms with Crippen molar-refractivity contribution in [3.05, 3.63) is 53.7 Å². The quantitative estimate of drug-likeness (QED) is 0.902. The number of nitrogens with zero attached hydrogens (tertiary/aromatic N) is 2. The SMILES string of the molecule is CCCNC(C)c1ccc(N2CCc3ccccc32)nc1. The smallest absolute Gasteiger partial charge is 0.132 e. The normalized spacial score (nSPS) is 15.0. The van der Waals surface area contributed by atoms with E-state index in [1.807, 2.05) is 6.20 Å². The second-order valence-corrected chi connectivity index (χ2v) is 5.66. The first-order valence-electron chi connectivity index (χ1n) is 7.84. The zero-order valence-corrected chi connectivity index (χ0v) is 12.8. The van der Waals surface area contributed by atoms with Gasteiger partial charge >= 0.3 is 0 Å². The van der Waals surface area contributed by atoms with Crippen LogP contribution in [0.2, 0.25) is 0 Å². The van der Waals surface area contributed by atoms with Crippen LogP contribution in [0.1, 0.15) is 37.4 Å². The zero-order chi connectivity index (χ0) is 14.7. The van der Waals surface area contributed by atoms with Crippen molar-refractivity contribution in [1.82, 2.24) is 10.3 Å². The number of anilines is 2. The van der Waals surface area contributed by atoms with Gasteiger partial charge in [0.2, 0.25) is 0 Å². The third kappa shape index (κ3) is 2.93. The van der Waals surface area contributed by atoms with Crippen LogP contribution < -0.4 is 10.2 Å². The van der Waals surface area contributed by atoms with Crippen molar-refractivity contribution < 1.29 is 0 Å². The van der Waals surface area contributed by atoms with Gasteiger partial charge in [-0.2, -0.15) is 0 Å². The highest BCUT2D eigenvalue weighted by atomic mass is 15.2. The van der Waals surface area contributed by atoms with Crippen molar-refractivity contribution in [2.24, 2.45) is 0 Å². The molecule has 3 rings (SSSR count). The Morgan fingerprint density at radius 1 is 1.24 bits per heavy atom. The van der Waals surface area contributed by atoms with E-state index in [4.69, 9.17) is 0 Å². The highest BCUT2D eigenvalue weighted by molar-refractivity contribution is 5.67. The summed E-state index contributed by atoms with van der Waals surface area (Å²) in [7, 11) is 0. The summed E-state index contributed by atoms with van der Waals surface area (Å²) >= 11 is 0. The van der Waals surface area contributed by atoms with Crippen LogP contribution in [-0.4, -0.2) is 18.1 Å². The number of para-hydroxylation sites is 1. The third-order valence-electron chi connectivity index (χ3n) is 4.13. The average molecular weight is 281 g/mol. The molecule has 0 aliphatic carbocycles. The topological polar surface area (TPSA) is 28.2 Å². The van der Waals surface area contributed by atoms with Gasteiger partial charge in [0, 0.05) is 24.5 Å². The molecule has 1 aromatic heterocycles. The largest absolute Gasteiger partial charge is 0.326 e. The molecule has 0 bridgehead atoms. The Kier molecular flexibility index (Phi) is 4.20. The molecule has 0 amide bonds. The Morgan fingerprint density at radius 2 is 2.10 bits per heavy atom. The first-order chi connectivity index (χ1) is 10.3. The number of benzene rings is 1. The molecular formula is C18H23N3. The minimum absolute atomic E-state index is 0.359. The molecule has 1 aliphatic rings. The average Bonchev–Trinajstić information content (AvgIpc) is 2.97. The minimum Gasteiger partial charge on any atom is -0.326 e. The number of aromatic nitrogens is 1. The lowest BCUT2D eigenvalue weighted by atomic mass is 10.1. The van der Waals surface area contributed by atoms with Crippen LogP contribution in [0.3, 0.4) is 0 Å². The number of pyridine rings is 1. The molecule has 0 radical (unpaired) electrons. The van der Waals surface area contributed by atoms with Crippen molar-refractivity contribution in [1.29, 1.82) is 0 Å². The van der Waals surface area contributed by atoms with Crippen LogP contribution in [0, 0.1) is 0 Å². The molecule has 0 saturated carbocycles. The maximum absolute atomic E-state index is 4.67. The van der Waals surface area contributed by atoms with Gasteiger partial charge in [-0.3, -0.25) is 0 Å². The standard InChI is InChI=1S/C18H23N3/c1-3-11-19-14(2)16-8-9-18(20-13-16)21-12-10-15-6-4-5-7-17(15)21/h4-9,13-14,19H,3,10-12H2,1-2H3. The maximum Gasteiger partial charge on any atom is 0.132 e.